The molecule has 1 unspecified atom stereocenters. The van der Waals surface area contributed by atoms with Crippen molar-refractivity contribution in [1.29, 1.82) is 0 Å². The third-order valence-electron chi connectivity index (χ3n) is 5.17. The number of hydrogen-bond acceptors (Lipinski definition) is 6. The van der Waals surface area contributed by atoms with Crippen LogP contribution in [0.15, 0.2) is 21.7 Å². The van der Waals surface area contributed by atoms with E-state index in [-0.39, 0.29) is 0 Å². The number of carbonyl (C=O) groups excluding carboxylic acids is 1. The fourth-order valence-electron chi connectivity index (χ4n) is 3.95. The second-order valence-electron chi connectivity index (χ2n) is 7.34. The molecule has 1 aliphatic carbocycles. The molecule has 1 atom stereocenters. The summed E-state index contributed by atoms with van der Waals surface area (Å²) in [5.41, 5.74) is 5.64. The standard InChI is InChI=1S/C17H25N5O4/c1-11-8-9-12(26-11)14-16(2,3)22(25)17(21(14)24)10-6-4-5-7-13(17)19-20-15(18)23/h8-9,25H,4-7,10H2,1-3H3,(H3,18,20,23)/b19-13-. The van der Waals surface area contributed by atoms with E-state index in [2.05, 4.69) is 10.5 Å². The molecular formula is C17H25N5O4. The molecule has 2 aliphatic rings. The number of hydrazone groups is 1. The van der Waals surface area contributed by atoms with E-state index in [1.807, 2.05) is 0 Å². The molecule has 1 fully saturated rings. The molecule has 26 heavy (non-hydrogen) atoms. The zero-order valence-electron chi connectivity index (χ0n) is 15.3. The van der Waals surface area contributed by atoms with Gasteiger partial charge >= 0.3 is 6.03 Å². The monoisotopic (exact) mass is 363 g/mol. The largest absolute Gasteiger partial charge is 0.622 e. The first-order valence-corrected chi connectivity index (χ1v) is 8.74. The summed E-state index contributed by atoms with van der Waals surface area (Å²) >= 11 is 0. The van der Waals surface area contributed by atoms with Crippen LogP contribution in [-0.2, 0) is 0 Å². The number of urea groups is 1. The van der Waals surface area contributed by atoms with Crippen molar-refractivity contribution in [3.05, 3.63) is 28.9 Å². The summed E-state index contributed by atoms with van der Waals surface area (Å²) in [6.45, 7) is 5.30. The van der Waals surface area contributed by atoms with Crippen molar-refractivity contribution < 1.29 is 19.2 Å². The Hall–Kier alpha value is -2.39. The molecule has 1 aliphatic heterocycles. The number of rotatable bonds is 2. The van der Waals surface area contributed by atoms with Gasteiger partial charge in [-0.1, -0.05) is 6.42 Å². The van der Waals surface area contributed by atoms with Gasteiger partial charge in [-0.3, -0.25) is 0 Å². The highest BCUT2D eigenvalue weighted by Gasteiger charge is 2.65. The Morgan fingerprint density at radius 1 is 1.42 bits per heavy atom. The summed E-state index contributed by atoms with van der Waals surface area (Å²) in [5.74, 6) is 1.08. The number of primary amides is 1. The Kier molecular flexibility index (Phi) is 4.53. The van der Waals surface area contributed by atoms with E-state index < -0.39 is 17.2 Å². The van der Waals surface area contributed by atoms with Crippen molar-refractivity contribution in [2.24, 2.45) is 10.8 Å². The predicted octanol–water partition coefficient (Wildman–Crippen LogP) is 2.06. The zero-order valence-corrected chi connectivity index (χ0v) is 15.3. The predicted molar refractivity (Wildman–Crippen MR) is 94.9 cm³/mol. The number of hydroxylamine groups is 3. The number of hydrogen-bond donors (Lipinski definition) is 3. The van der Waals surface area contributed by atoms with Crippen LogP contribution in [0.4, 0.5) is 4.79 Å². The molecule has 2 amide bonds. The van der Waals surface area contributed by atoms with Crippen LogP contribution in [0.1, 0.15) is 57.5 Å². The van der Waals surface area contributed by atoms with E-state index in [0.717, 1.165) is 29.1 Å². The average molecular weight is 363 g/mol. The highest BCUT2D eigenvalue weighted by molar-refractivity contribution is 6.05. The summed E-state index contributed by atoms with van der Waals surface area (Å²) in [4.78, 5) is 11.1. The first-order chi connectivity index (χ1) is 12.2. The number of aryl methyl sites for hydroxylation is 1. The molecule has 9 nitrogen and oxygen atoms in total. The van der Waals surface area contributed by atoms with Crippen molar-refractivity contribution in [1.82, 2.24) is 10.5 Å². The van der Waals surface area contributed by atoms with Crippen molar-refractivity contribution in [2.75, 3.05) is 0 Å². The van der Waals surface area contributed by atoms with Crippen LogP contribution in [0.25, 0.3) is 0 Å². The molecule has 4 N–H and O–H groups in total. The van der Waals surface area contributed by atoms with Crippen LogP contribution < -0.4 is 11.2 Å². The lowest BCUT2D eigenvalue weighted by atomic mass is 9.94. The Labute approximate surface area is 151 Å². The van der Waals surface area contributed by atoms with Crippen LogP contribution in [0.2, 0.25) is 0 Å². The normalized spacial score (nSPS) is 27.9. The summed E-state index contributed by atoms with van der Waals surface area (Å²) < 4.78 is 6.46. The van der Waals surface area contributed by atoms with Gasteiger partial charge in [0.2, 0.25) is 0 Å². The zero-order chi connectivity index (χ0) is 19.1. The van der Waals surface area contributed by atoms with E-state index >= 15 is 0 Å². The van der Waals surface area contributed by atoms with Crippen molar-refractivity contribution >= 4 is 17.5 Å². The second kappa shape index (κ2) is 6.40. The minimum atomic E-state index is -1.40. The molecule has 9 heteroatoms. The van der Waals surface area contributed by atoms with E-state index in [1.165, 1.54) is 0 Å². The summed E-state index contributed by atoms with van der Waals surface area (Å²) in [6, 6.07) is 2.68. The van der Waals surface area contributed by atoms with Crippen LogP contribution in [0.5, 0.6) is 0 Å². The molecule has 0 bridgehead atoms. The second-order valence-corrected chi connectivity index (χ2v) is 7.34. The lowest BCUT2D eigenvalue weighted by Crippen LogP contribution is -2.59. The number of nitrogens with two attached hydrogens (primary N) is 1. The highest BCUT2D eigenvalue weighted by Crippen LogP contribution is 2.42. The Bertz CT molecular complexity index is 782. The summed E-state index contributed by atoms with van der Waals surface area (Å²) in [7, 11) is 0. The van der Waals surface area contributed by atoms with Gasteiger partial charge in [-0.05, 0) is 52.2 Å². The molecule has 1 aromatic rings. The number of nitrogens with zero attached hydrogens (tertiary/aromatic N) is 3. The van der Waals surface area contributed by atoms with Crippen molar-refractivity contribution in [3.8, 4) is 0 Å². The van der Waals surface area contributed by atoms with Gasteiger partial charge in [0.15, 0.2) is 5.76 Å². The van der Waals surface area contributed by atoms with Gasteiger partial charge in [-0.2, -0.15) is 9.84 Å². The van der Waals surface area contributed by atoms with E-state index in [0.29, 0.717) is 35.8 Å². The first-order valence-electron chi connectivity index (χ1n) is 8.74. The quantitative estimate of drug-likeness (QED) is 0.420. The maximum atomic E-state index is 13.5. The van der Waals surface area contributed by atoms with E-state index in [9.17, 15) is 15.2 Å². The fourth-order valence-corrected chi connectivity index (χ4v) is 3.95. The van der Waals surface area contributed by atoms with E-state index in [4.69, 9.17) is 10.2 Å². The maximum Gasteiger partial charge on any atom is 0.332 e. The molecule has 1 spiro atoms. The Morgan fingerprint density at radius 3 is 2.77 bits per heavy atom. The van der Waals surface area contributed by atoms with Crippen LogP contribution in [-0.4, -0.2) is 43.7 Å². The van der Waals surface area contributed by atoms with Crippen molar-refractivity contribution in [3.63, 3.8) is 0 Å². The Morgan fingerprint density at radius 2 is 2.15 bits per heavy atom. The number of nitrogens with one attached hydrogen (secondary N) is 1. The van der Waals surface area contributed by atoms with Crippen molar-refractivity contribution in [2.45, 2.75) is 64.1 Å². The third kappa shape index (κ3) is 2.67. The SMILES string of the molecule is Cc1ccc(C2=[N+]([O-])C3(CCCCC/C3=N/NC(N)=O)N(O)C2(C)C)o1. The highest BCUT2D eigenvalue weighted by atomic mass is 16.6. The number of carbonyl (C=O) groups is 1. The molecule has 142 valence electrons. The molecule has 3 rings (SSSR count). The minimum absolute atomic E-state index is 0.321. The lowest BCUT2D eigenvalue weighted by molar-refractivity contribution is -0.567. The summed E-state index contributed by atoms with van der Waals surface area (Å²) in [5, 5.41) is 29.8. The lowest BCUT2D eigenvalue weighted by Gasteiger charge is -2.35. The van der Waals surface area contributed by atoms with Gasteiger partial charge in [0, 0.05) is 6.42 Å². The Balaban J connectivity index is 2.20. The first kappa shape index (κ1) is 18.4. The smallest absolute Gasteiger partial charge is 0.332 e. The topological polar surface area (TPSA) is 130 Å². The van der Waals surface area contributed by atoms with Crippen LogP contribution in [0, 0.1) is 12.1 Å². The van der Waals surface area contributed by atoms with Gasteiger partial charge in [-0.15, -0.1) is 5.06 Å². The molecular weight excluding hydrogens is 338 g/mol. The van der Waals surface area contributed by atoms with Gasteiger partial charge < -0.3 is 20.6 Å². The van der Waals surface area contributed by atoms with E-state index in [1.54, 1.807) is 32.9 Å². The van der Waals surface area contributed by atoms with Crippen LogP contribution in [0.3, 0.4) is 0 Å². The van der Waals surface area contributed by atoms with Gasteiger partial charge in [0.05, 0.1) is 0 Å². The van der Waals surface area contributed by atoms with Gasteiger partial charge in [0.1, 0.15) is 17.0 Å². The van der Waals surface area contributed by atoms with Gasteiger partial charge in [0.25, 0.3) is 11.4 Å². The summed E-state index contributed by atoms with van der Waals surface area (Å²) in [6.07, 6.45) is 3.29. The molecule has 1 aromatic heterocycles. The molecule has 0 radical (unpaired) electrons. The average Bonchev–Trinajstić information content (AvgIpc) is 2.94. The minimum Gasteiger partial charge on any atom is -0.622 e. The third-order valence-corrected chi connectivity index (χ3v) is 5.17. The fraction of sp³-hybridized carbons (Fsp3) is 0.588. The van der Waals surface area contributed by atoms with Crippen LogP contribution >= 0.6 is 0 Å². The maximum absolute atomic E-state index is 13.5. The van der Waals surface area contributed by atoms with Gasteiger partial charge in [-0.25, -0.2) is 10.2 Å². The number of amides is 2. The molecule has 1 saturated carbocycles. The molecule has 0 aromatic carbocycles. The molecule has 2 heterocycles. The number of furan rings is 1. The molecule has 0 saturated heterocycles.